The van der Waals surface area contributed by atoms with Crippen LogP contribution in [0, 0.1) is 0 Å². The number of pyridine rings is 1. The molecular formula is C23H26N4O3. The topological polar surface area (TPSA) is 71.6 Å². The summed E-state index contributed by atoms with van der Waals surface area (Å²) >= 11 is 0. The lowest BCUT2D eigenvalue weighted by atomic mass is 9.85. The Hall–Kier alpha value is -2.93. The van der Waals surface area contributed by atoms with Gasteiger partial charge in [0.1, 0.15) is 5.54 Å². The van der Waals surface area contributed by atoms with Crippen molar-refractivity contribution in [2.75, 3.05) is 19.6 Å². The van der Waals surface area contributed by atoms with Crippen molar-refractivity contribution in [1.82, 2.24) is 19.4 Å². The van der Waals surface area contributed by atoms with Crippen molar-refractivity contribution in [1.29, 1.82) is 0 Å². The first kappa shape index (κ1) is 19.1. The van der Waals surface area contributed by atoms with Crippen molar-refractivity contribution in [3.05, 3.63) is 64.9 Å². The fourth-order valence-electron chi connectivity index (χ4n) is 5.14. The Morgan fingerprint density at radius 1 is 0.967 bits per heavy atom. The molecule has 7 heteroatoms. The van der Waals surface area contributed by atoms with Gasteiger partial charge in [-0.1, -0.05) is 18.2 Å². The van der Waals surface area contributed by atoms with Crippen LogP contribution in [0.4, 0.5) is 0 Å². The van der Waals surface area contributed by atoms with Gasteiger partial charge in [0.05, 0.1) is 17.8 Å². The Kier molecular flexibility index (Phi) is 4.90. The third kappa shape index (κ3) is 3.23. The lowest BCUT2D eigenvalue weighted by molar-refractivity contribution is -0.148. The molecule has 3 aromatic rings. The van der Waals surface area contributed by atoms with Crippen LogP contribution in [-0.2, 0) is 17.9 Å². The molecule has 30 heavy (non-hydrogen) atoms. The Morgan fingerprint density at radius 2 is 1.77 bits per heavy atom. The van der Waals surface area contributed by atoms with Crippen molar-refractivity contribution in [3.8, 4) is 0 Å². The number of aromatic nitrogens is 2. The molecule has 0 saturated carbocycles. The van der Waals surface area contributed by atoms with Crippen LogP contribution in [0.1, 0.15) is 31.4 Å². The molecule has 5 rings (SSSR count). The molecule has 0 bridgehead atoms. The molecule has 0 aliphatic carbocycles. The minimum atomic E-state index is -0.448. The molecule has 4 heterocycles. The van der Waals surface area contributed by atoms with Gasteiger partial charge in [-0.15, -0.1) is 0 Å². The summed E-state index contributed by atoms with van der Waals surface area (Å²) in [5.74, 6) is -0.127. The van der Waals surface area contributed by atoms with Crippen molar-refractivity contribution < 1.29 is 9.21 Å². The van der Waals surface area contributed by atoms with Gasteiger partial charge < -0.3 is 9.32 Å². The highest BCUT2D eigenvalue weighted by molar-refractivity contribution is 5.87. The predicted octanol–water partition coefficient (Wildman–Crippen LogP) is 2.65. The molecule has 2 aliphatic rings. The van der Waals surface area contributed by atoms with Gasteiger partial charge in [-0.25, -0.2) is 4.79 Å². The van der Waals surface area contributed by atoms with Gasteiger partial charge in [0.15, 0.2) is 5.58 Å². The number of benzene rings is 1. The monoisotopic (exact) mass is 406 g/mol. The largest absolute Gasteiger partial charge is 0.419 e. The number of carbonyl (C=O) groups is 1. The maximum absolute atomic E-state index is 13.6. The zero-order valence-corrected chi connectivity index (χ0v) is 17.0. The number of carbonyl (C=O) groups excluding carboxylic acids is 1. The van der Waals surface area contributed by atoms with E-state index in [1.165, 1.54) is 0 Å². The fourth-order valence-corrected chi connectivity index (χ4v) is 5.14. The van der Waals surface area contributed by atoms with E-state index < -0.39 is 5.54 Å². The molecule has 2 saturated heterocycles. The third-order valence-electron chi connectivity index (χ3n) is 6.57. The first-order valence-electron chi connectivity index (χ1n) is 10.7. The minimum absolute atomic E-state index is 0.210. The van der Waals surface area contributed by atoms with E-state index in [1.54, 1.807) is 10.8 Å². The lowest BCUT2D eigenvalue weighted by Gasteiger charge is -2.44. The number of para-hydroxylation sites is 2. The molecule has 1 spiro atoms. The van der Waals surface area contributed by atoms with Crippen LogP contribution in [0.3, 0.4) is 0 Å². The zero-order chi connectivity index (χ0) is 20.6. The van der Waals surface area contributed by atoms with Gasteiger partial charge >= 0.3 is 5.76 Å². The quantitative estimate of drug-likeness (QED) is 0.651. The summed E-state index contributed by atoms with van der Waals surface area (Å²) in [6.45, 7) is 3.39. The van der Waals surface area contributed by atoms with Crippen LogP contribution in [0.5, 0.6) is 0 Å². The van der Waals surface area contributed by atoms with E-state index >= 15 is 0 Å². The van der Waals surface area contributed by atoms with E-state index in [4.69, 9.17) is 4.42 Å². The van der Waals surface area contributed by atoms with E-state index in [1.807, 2.05) is 47.4 Å². The highest BCUT2D eigenvalue weighted by atomic mass is 16.4. The van der Waals surface area contributed by atoms with Crippen molar-refractivity contribution in [2.24, 2.45) is 0 Å². The second kappa shape index (κ2) is 7.72. The van der Waals surface area contributed by atoms with Crippen LogP contribution in [0.2, 0.25) is 0 Å². The second-order valence-corrected chi connectivity index (χ2v) is 8.26. The normalized spacial score (nSPS) is 22.4. The molecule has 1 unspecified atom stereocenters. The SMILES string of the molecule is O=C1N(Cc2ccccn2)CCCC12CCCN2CCn1c(=O)oc2ccccc21. The molecule has 1 amide bonds. The third-order valence-corrected chi connectivity index (χ3v) is 6.57. The van der Waals surface area contributed by atoms with E-state index in [2.05, 4.69) is 9.88 Å². The maximum Gasteiger partial charge on any atom is 0.419 e. The molecule has 1 aromatic carbocycles. The molecule has 0 radical (unpaired) electrons. The number of oxazole rings is 1. The first-order chi connectivity index (χ1) is 14.7. The van der Waals surface area contributed by atoms with Gasteiger partial charge in [-0.2, -0.15) is 0 Å². The Morgan fingerprint density at radius 3 is 2.60 bits per heavy atom. The smallest absolute Gasteiger partial charge is 0.408 e. The minimum Gasteiger partial charge on any atom is -0.408 e. The Balaban J connectivity index is 1.35. The van der Waals surface area contributed by atoms with Crippen LogP contribution >= 0.6 is 0 Å². The summed E-state index contributed by atoms with van der Waals surface area (Å²) in [7, 11) is 0. The first-order valence-corrected chi connectivity index (χ1v) is 10.7. The van der Waals surface area contributed by atoms with Crippen LogP contribution in [0.25, 0.3) is 11.1 Å². The van der Waals surface area contributed by atoms with Gasteiger partial charge in [-0.05, 0) is 56.5 Å². The fraction of sp³-hybridized carbons (Fsp3) is 0.435. The van der Waals surface area contributed by atoms with Gasteiger partial charge in [0, 0.05) is 25.8 Å². The van der Waals surface area contributed by atoms with E-state index in [0.29, 0.717) is 25.2 Å². The van der Waals surface area contributed by atoms with Crippen molar-refractivity contribution in [3.63, 3.8) is 0 Å². The van der Waals surface area contributed by atoms with Crippen LogP contribution < -0.4 is 5.76 Å². The van der Waals surface area contributed by atoms with Gasteiger partial charge in [-0.3, -0.25) is 19.2 Å². The summed E-state index contributed by atoms with van der Waals surface area (Å²) in [5, 5.41) is 0. The predicted molar refractivity (Wildman–Crippen MR) is 113 cm³/mol. The number of rotatable bonds is 5. The van der Waals surface area contributed by atoms with Gasteiger partial charge in [0.2, 0.25) is 5.91 Å². The highest BCUT2D eigenvalue weighted by Gasteiger charge is 2.50. The molecule has 1 atom stereocenters. The Labute approximate surface area is 174 Å². The molecular weight excluding hydrogens is 380 g/mol. The molecule has 2 aromatic heterocycles. The Bertz CT molecular complexity index is 1110. The molecule has 2 aliphatic heterocycles. The molecule has 156 valence electrons. The number of likely N-dealkylation sites (tertiary alicyclic amines) is 2. The summed E-state index contributed by atoms with van der Waals surface area (Å²) in [6.07, 6.45) is 5.53. The summed E-state index contributed by atoms with van der Waals surface area (Å²) < 4.78 is 7.04. The highest BCUT2D eigenvalue weighted by Crippen LogP contribution is 2.38. The average Bonchev–Trinajstić information content (AvgIpc) is 3.31. The van der Waals surface area contributed by atoms with E-state index in [-0.39, 0.29) is 11.7 Å². The number of hydrogen-bond acceptors (Lipinski definition) is 5. The molecule has 2 fully saturated rings. The van der Waals surface area contributed by atoms with Crippen LogP contribution in [-0.4, -0.2) is 50.4 Å². The number of piperidine rings is 1. The summed E-state index contributed by atoms with van der Waals surface area (Å²) in [5.41, 5.74) is 1.89. The number of amides is 1. The second-order valence-electron chi connectivity index (χ2n) is 8.26. The van der Waals surface area contributed by atoms with E-state index in [9.17, 15) is 9.59 Å². The number of fused-ring (bicyclic) bond motifs is 1. The maximum atomic E-state index is 13.6. The average molecular weight is 406 g/mol. The number of nitrogens with zero attached hydrogens (tertiary/aromatic N) is 4. The van der Waals surface area contributed by atoms with Gasteiger partial charge in [0.25, 0.3) is 0 Å². The van der Waals surface area contributed by atoms with Crippen LogP contribution in [0.15, 0.2) is 57.9 Å². The van der Waals surface area contributed by atoms with Crippen molar-refractivity contribution >= 4 is 17.0 Å². The van der Waals surface area contributed by atoms with E-state index in [0.717, 1.165) is 50.0 Å². The molecule has 0 N–H and O–H groups in total. The summed E-state index contributed by atoms with van der Waals surface area (Å²) in [6, 6.07) is 13.3. The van der Waals surface area contributed by atoms with Crippen molar-refractivity contribution in [2.45, 2.75) is 44.3 Å². The summed E-state index contributed by atoms with van der Waals surface area (Å²) in [4.78, 5) is 34.6. The molecule has 7 nitrogen and oxygen atoms in total. The number of hydrogen-bond donors (Lipinski definition) is 0. The zero-order valence-electron chi connectivity index (χ0n) is 17.0. The lowest BCUT2D eigenvalue weighted by Crippen LogP contribution is -2.60. The standard InChI is InChI=1S/C23H26N4O3/c28-21-23(10-5-13-25(21)17-18-7-3-4-12-24-18)11-6-14-26(23)15-16-27-19-8-1-2-9-20(19)30-22(27)29/h1-4,7-9,12H,5-6,10-11,13-17H2.